The summed E-state index contributed by atoms with van der Waals surface area (Å²) < 4.78 is 18.2. The molecule has 0 spiro atoms. The van der Waals surface area contributed by atoms with Crippen molar-refractivity contribution in [3.8, 4) is 5.75 Å². The lowest BCUT2D eigenvalue weighted by molar-refractivity contribution is -0.126. The fourth-order valence-corrected chi connectivity index (χ4v) is 3.51. The van der Waals surface area contributed by atoms with E-state index in [0.29, 0.717) is 5.75 Å². The van der Waals surface area contributed by atoms with Crippen molar-refractivity contribution in [2.75, 3.05) is 0 Å². The van der Waals surface area contributed by atoms with Gasteiger partial charge in [-0.05, 0) is 58.1 Å². The van der Waals surface area contributed by atoms with Crippen molar-refractivity contribution in [2.45, 2.75) is 70.7 Å². The number of hydrogen-bond donors (Lipinski definition) is 1. The minimum Gasteiger partial charge on any atom is -0.480 e. The smallest absolute Gasteiger partial charge is 0.480 e. The summed E-state index contributed by atoms with van der Waals surface area (Å²) in [6.45, 7) is 8.10. The standard InChI is InChI=1S/C19H28BNO4/c1-18(2)19(3,4)25-20(24-18)14-10-7-11-15(12-14)23-16(17(21)22)13-8-5-6-9-13/h7,10-13,16H,5-6,8-9H2,1-4H3,(H2,21,22). The summed E-state index contributed by atoms with van der Waals surface area (Å²) in [7, 11) is -0.452. The molecule has 0 bridgehead atoms. The Hall–Kier alpha value is -1.53. The number of rotatable bonds is 5. The van der Waals surface area contributed by atoms with E-state index in [2.05, 4.69) is 0 Å². The molecule has 2 N–H and O–H groups in total. The van der Waals surface area contributed by atoms with Crippen LogP contribution in [0.25, 0.3) is 0 Å². The zero-order valence-electron chi connectivity index (χ0n) is 15.6. The molecule has 1 aliphatic heterocycles. The van der Waals surface area contributed by atoms with Crippen LogP contribution in [0.5, 0.6) is 5.75 Å². The van der Waals surface area contributed by atoms with Gasteiger partial charge in [0.25, 0.3) is 5.91 Å². The van der Waals surface area contributed by atoms with Crippen LogP contribution in [-0.4, -0.2) is 30.3 Å². The topological polar surface area (TPSA) is 70.8 Å². The third kappa shape index (κ3) is 3.70. The van der Waals surface area contributed by atoms with Crippen LogP contribution in [0.4, 0.5) is 0 Å². The van der Waals surface area contributed by atoms with Crippen molar-refractivity contribution in [1.82, 2.24) is 0 Å². The molecule has 1 amide bonds. The highest BCUT2D eigenvalue weighted by Gasteiger charge is 2.51. The van der Waals surface area contributed by atoms with Crippen LogP contribution in [-0.2, 0) is 14.1 Å². The Morgan fingerprint density at radius 1 is 1.20 bits per heavy atom. The molecule has 2 aliphatic rings. The fraction of sp³-hybridized carbons (Fsp3) is 0.632. The predicted molar refractivity (Wildman–Crippen MR) is 97.7 cm³/mol. The van der Waals surface area contributed by atoms with Gasteiger partial charge in [-0.2, -0.15) is 0 Å². The average Bonchev–Trinajstić information content (AvgIpc) is 3.12. The van der Waals surface area contributed by atoms with Crippen LogP contribution in [0.2, 0.25) is 0 Å². The van der Waals surface area contributed by atoms with Gasteiger partial charge in [-0.1, -0.05) is 25.0 Å². The summed E-state index contributed by atoms with van der Waals surface area (Å²) in [6, 6.07) is 7.57. The molecule has 1 aliphatic carbocycles. The molecule has 1 aromatic rings. The highest BCUT2D eigenvalue weighted by Crippen LogP contribution is 2.36. The summed E-state index contributed by atoms with van der Waals surface area (Å²) in [6.07, 6.45) is 3.67. The Kier molecular flexibility index (Phi) is 4.86. The number of benzene rings is 1. The van der Waals surface area contributed by atoms with Gasteiger partial charge in [0.1, 0.15) is 5.75 Å². The van der Waals surface area contributed by atoms with Crippen molar-refractivity contribution >= 4 is 18.5 Å². The van der Waals surface area contributed by atoms with Crippen LogP contribution in [0.15, 0.2) is 24.3 Å². The fourth-order valence-electron chi connectivity index (χ4n) is 3.51. The molecule has 3 rings (SSSR count). The lowest BCUT2D eigenvalue weighted by Crippen LogP contribution is -2.41. The van der Waals surface area contributed by atoms with E-state index in [9.17, 15) is 4.79 Å². The van der Waals surface area contributed by atoms with Crippen molar-refractivity contribution in [2.24, 2.45) is 11.7 Å². The van der Waals surface area contributed by atoms with E-state index in [-0.39, 0.29) is 5.92 Å². The number of ether oxygens (including phenoxy) is 1. The molecule has 2 fully saturated rings. The van der Waals surface area contributed by atoms with Crippen molar-refractivity contribution in [1.29, 1.82) is 0 Å². The highest BCUT2D eigenvalue weighted by molar-refractivity contribution is 6.62. The Bertz CT molecular complexity index is 624. The number of carbonyl (C=O) groups is 1. The number of carbonyl (C=O) groups excluding carboxylic acids is 1. The molecule has 1 saturated heterocycles. The molecule has 1 unspecified atom stereocenters. The Labute approximate surface area is 150 Å². The molecule has 0 radical (unpaired) electrons. The van der Waals surface area contributed by atoms with E-state index < -0.39 is 30.3 Å². The zero-order valence-corrected chi connectivity index (χ0v) is 15.6. The van der Waals surface area contributed by atoms with Crippen molar-refractivity contribution in [3.63, 3.8) is 0 Å². The van der Waals surface area contributed by atoms with Crippen molar-refractivity contribution < 1.29 is 18.8 Å². The van der Waals surface area contributed by atoms with E-state index in [1.54, 1.807) is 0 Å². The molecule has 0 aromatic heterocycles. The number of primary amides is 1. The minimum absolute atomic E-state index is 0.206. The first kappa shape index (κ1) is 18.3. The van der Waals surface area contributed by atoms with E-state index in [0.717, 1.165) is 31.1 Å². The molecule has 25 heavy (non-hydrogen) atoms. The maximum atomic E-state index is 11.9. The lowest BCUT2D eigenvalue weighted by Gasteiger charge is -2.32. The molecular formula is C19H28BNO4. The predicted octanol–water partition coefficient (Wildman–Crippen LogP) is 2.41. The summed E-state index contributed by atoms with van der Waals surface area (Å²) in [5.74, 6) is 0.439. The van der Waals surface area contributed by atoms with Gasteiger partial charge in [-0.25, -0.2) is 0 Å². The average molecular weight is 345 g/mol. The molecule has 1 heterocycles. The van der Waals surface area contributed by atoms with Gasteiger partial charge < -0.3 is 19.8 Å². The molecular weight excluding hydrogens is 317 g/mol. The third-order valence-corrected chi connectivity index (χ3v) is 5.75. The van der Waals surface area contributed by atoms with Gasteiger partial charge in [0.15, 0.2) is 6.10 Å². The SMILES string of the molecule is CC1(C)OB(c2cccc(OC(C(N)=O)C3CCCC3)c2)OC1(C)C. The molecule has 5 nitrogen and oxygen atoms in total. The lowest BCUT2D eigenvalue weighted by atomic mass is 9.79. The van der Waals surface area contributed by atoms with Crippen LogP contribution in [0.3, 0.4) is 0 Å². The summed E-state index contributed by atoms with van der Waals surface area (Å²) in [5.41, 5.74) is 5.67. The molecule has 1 aromatic carbocycles. The summed E-state index contributed by atoms with van der Waals surface area (Å²) in [5, 5.41) is 0. The quantitative estimate of drug-likeness (QED) is 0.832. The second-order valence-electron chi connectivity index (χ2n) is 8.15. The van der Waals surface area contributed by atoms with Gasteiger partial charge in [-0.3, -0.25) is 4.79 Å². The molecule has 6 heteroatoms. The molecule has 1 saturated carbocycles. The van der Waals surface area contributed by atoms with Gasteiger partial charge in [0.2, 0.25) is 0 Å². The van der Waals surface area contributed by atoms with Gasteiger partial charge in [-0.15, -0.1) is 0 Å². The Balaban J connectivity index is 1.76. The molecule has 136 valence electrons. The Morgan fingerprint density at radius 3 is 2.36 bits per heavy atom. The monoisotopic (exact) mass is 345 g/mol. The highest BCUT2D eigenvalue weighted by atomic mass is 16.7. The number of hydrogen-bond acceptors (Lipinski definition) is 4. The van der Waals surface area contributed by atoms with E-state index in [4.69, 9.17) is 19.8 Å². The van der Waals surface area contributed by atoms with Gasteiger partial charge in [0.05, 0.1) is 11.2 Å². The van der Waals surface area contributed by atoms with Crippen LogP contribution >= 0.6 is 0 Å². The first-order chi connectivity index (χ1) is 11.7. The third-order valence-electron chi connectivity index (χ3n) is 5.75. The Morgan fingerprint density at radius 2 is 1.80 bits per heavy atom. The van der Waals surface area contributed by atoms with Gasteiger partial charge in [0, 0.05) is 5.92 Å². The van der Waals surface area contributed by atoms with Crippen LogP contribution in [0, 0.1) is 5.92 Å². The molecule has 1 atom stereocenters. The van der Waals surface area contributed by atoms with Crippen molar-refractivity contribution in [3.05, 3.63) is 24.3 Å². The maximum absolute atomic E-state index is 11.9. The number of nitrogens with two attached hydrogens (primary N) is 1. The first-order valence-electron chi connectivity index (χ1n) is 9.11. The first-order valence-corrected chi connectivity index (χ1v) is 9.11. The second-order valence-corrected chi connectivity index (χ2v) is 8.15. The largest absolute Gasteiger partial charge is 0.494 e. The van der Waals surface area contributed by atoms with Crippen LogP contribution < -0.4 is 15.9 Å². The zero-order chi connectivity index (χ0) is 18.2. The summed E-state index contributed by atoms with van der Waals surface area (Å²) in [4.78, 5) is 11.9. The van der Waals surface area contributed by atoms with Gasteiger partial charge >= 0.3 is 7.12 Å². The van der Waals surface area contributed by atoms with E-state index in [1.807, 2.05) is 52.0 Å². The maximum Gasteiger partial charge on any atom is 0.494 e. The minimum atomic E-state index is -0.573. The second kappa shape index (κ2) is 6.65. The normalized spacial score (nSPS) is 23.6. The van der Waals surface area contributed by atoms with E-state index >= 15 is 0 Å². The summed E-state index contributed by atoms with van der Waals surface area (Å²) >= 11 is 0. The number of amides is 1. The van der Waals surface area contributed by atoms with E-state index in [1.165, 1.54) is 0 Å². The van der Waals surface area contributed by atoms with Crippen LogP contribution in [0.1, 0.15) is 53.4 Å².